The van der Waals surface area contributed by atoms with E-state index in [4.69, 9.17) is 11.6 Å². The molecule has 1 amide bonds. The maximum atomic E-state index is 13.9. The van der Waals surface area contributed by atoms with E-state index in [0.717, 1.165) is 13.2 Å². The minimum atomic E-state index is -1.82. The molecule has 1 unspecified atom stereocenters. The first-order valence-corrected chi connectivity index (χ1v) is 6.69. The van der Waals surface area contributed by atoms with E-state index in [0.29, 0.717) is 6.07 Å². The van der Waals surface area contributed by atoms with Gasteiger partial charge >= 0.3 is 5.97 Å². The van der Waals surface area contributed by atoms with Crippen LogP contribution in [0.3, 0.4) is 0 Å². The largest absolute Gasteiger partial charge is 0.467 e. The average molecular weight is 371 g/mol. The van der Waals surface area contributed by atoms with E-state index in [1.54, 1.807) is 0 Å². The third-order valence-corrected chi connectivity index (χ3v) is 3.50. The fourth-order valence-corrected chi connectivity index (χ4v) is 2.06. The van der Waals surface area contributed by atoms with E-state index in [-0.39, 0.29) is 10.0 Å². The molecule has 20 heavy (non-hydrogen) atoms. The van der Waals surface area contributed by atoms with Crippen LogP contribution in [0.25, 0.3) is 0 Å². The van der Waals surface area contributed by atoms with E-state index in [1.165, 1.54) is 6.92 Å². The van der Waals surface area contributed by atoms with Crippen LogP contribution in [0, 0.1) is 11.6 Å². The molecular formula is C12H11BrClF2NO3. The zero-order valence-corrected chi connectivity index (χ0v) is 12.9. The number of ether oxygens (including phenoxy) is 1. The van der Waals surface area contributed by atoms with Crippen LogP contribution in [0.15, 0.2) is 16.6 Å². The monoisotopic (exact) mass is 369 g/mol. The van der Waals surface area contributed by atoms with Crippen molar-refractivity contribution >= 4 is 39.4 Å². The summed E-state index contributed by atoms with van der Waals surface area (Å²) in [5.74, 6) is -3.85. The SMILES string of the molecule is COC(=O)C(C)(NC(=O)CCl)c1cc(Br)c(F)cc1F. The van der Waals surface area contributed by atoms with Gasteiger partial charge in [0.25, 0.3) is 0 Å². The van der Waals surface area contributed by atoms with Crippen molar-refractivity contribution in [1.29, 1.82) is 0 Å². The molecule has 0 saturated carbocycles. The second-order valence-corrected chi connectivity index (χ2v) is 5.17. The Morgan fingerprint density at radius 2 is 2.00 bits per heavy atom. The molecule has 0 aromatic heterocycles. The van der Waals surface area contributed by atoms with Crippen molar-refractivity contribution in [2.24, 2.45) is 0 Å². The third kappa shape index (κ3) is 3.27. The van der Waals surface area contributed by atoms with Crippen LogP contribution >= 0.6 is 27.5 Å². The number of halogens is 4. The van der Waals surface area contributed by atoms with Gasteiger partial charge < -0.3 is 10.1 Å². The van der Waals surface area contributed by atoms with E-state index < -0.39 is 34.9 Å². The third-order valence-electron chi connectivity index (χ3n) is 2.65. The number of carbonyl (C=O) groups excluding carboxylic acids is 2. The average Bonchev–Trinajstić information content (AvgIpc) is 2.41. The zero-order chi connectivity index (χ0) is 15.5. The van der Waals surface area contributed by atoms with E-state index in [2.05, 4.69) is 26.0 Å². The van der Waals surface area contributed by atoms with Gasteiger partial charge in [0.05, 0.1) is 11.6 Å². The highest BCUT2D eigenvalue weighted by Gasteiger charge is 2.40. The summed E-state index contributed by atoms with van der Waals surface area (Å²) in [4.78, 5) is 23.3. The number of hydrogen-bond acceptors (Lipinski definition) is 3. The molecule has 0 spiro atoms. The molecule has 0 saturated heterocycles. The number of carbonyl (C=O) groups is 2. The Bertz CT molecular complexity index is 556. The minimum absolute atomic E-state index is 0.0517. The lowest BCUT2D eigenvalue weighted by atomic mass is 9.91. The van der Waals surface area contributed by atoms with Crippen molar-refractivity contribution in [3.8, 4) is 0 Å². The number of amides is 1. The van der Waals surface area contributed by atoms with Crippen molar-refractivity contribution in [1.82, 2.24) is 5.32 Å². The van der Waals surface area contributed by atoms with Crippen LogP contribution in [0.2, 0.25) is 0 Å². The molecule has 0 fully saturated rings. The van der Waals surface area contributed by atoms with Crippen LogP contribution in [0.1, 0.15) is 12.5 Å². The molecule has 0 heterocycles. The van der Waals surface area contributed by atoms with Gasteiger partial charge in [0, 0.05) is 11.6 Å². The second-order valence-electron chi connectivity index (χ2n) is 4.04. The summed E-state index contributed by atoms with van der Waals surface area (Å²) in [5.41, 5.74) is -2.06. The van der Waals surface area contributed by atoms with Crippen LogP contribution in [-0.2, 0) is 19.9 Å². The molecule has 1 rings (SSSR count). The van der Waals surface area contributed by atoms with E-state index >= 15 is 0 Å². The molecule has 1 aromatic carbocycles. The molecule has 1 atom stereocenters. The lowest BCUT2D eigenvalue weighted by molar-refractivity contribution is -0.150. The number of benzene rings is 1. The molecule has 0 aliphatic heterocycles. The quantitative estimate of drug-likeness (QED) is 0.503. The number of hydrogen-bond donors (Lipinski definition) is 1. The van der Waals surface area contributed by atoms with Gasteiger partial charge in [-0.2, -0.15) is 0 Å². The number of nitrogens with one attached hydrogen (secondary N) is 1. The zero-order valence-electron chi connectivity index (χ0n) is 10.6. The summed E-state index contributed by atoms with van der Waals surface area (Å²) < 4.78 is 31.7. The maximum Gasteiger partial charge on any atom is 0.336 e. The minimum Gasteiger partial charge on any atom is -0.467 e. The van der Waals surface area contributed by atoms with Gasteiger partial charge in [-0.25, -0.2) is 13.6 Å². The highest BCUT2D eigenvalue weighted by atomic mass is 79.9. The summed E-state index contributed by atoms with van der Waals surface area (Å²) in [6, 6.07) is 1.67. The number of methoxy groups -OCH3 is 1. The Balaban J connectivity index is 3.41. The van der Waals surface area contributed by atoms with Gasteiger partial charge in [-0.15, -0.1) is 11.6 Å². The lowest BCUT2D eigenvalue weighted by Crippen LogP contribution is -2.51. The van der Waals surface area contributed by atoms with Crippen molar-refractivity contribution in [3.63, 3.8) is 0 Å². The van der Waals surface area contributed by atoms with Crippen molar-refractivity contribution in [2.45, 2.75) is 12.5 Å². The summed E-state index contributed by atoms with van der Waals surface area (Å²) in [6.45, 7) is 1.24. The topological polar surface area (TPSA) is 55.4 Å². The summed E-state index contributed by atoms with van der Waals surface area (Å²) >= 11 is 8.26. The summed E-state index contributed by atoms with van der Waals surface area (Å²) in [6.07, 6.45) is 0. The highest BCUT2D eigenvalue weighted by molar-refractivity contribution is 9.10. The van der Waals surface area contributed by atoms with Crippen LogP contribution in [0.5, 0.6) is 0 Å². The molecule has 110 valence electrons. The number of esters is 1. The first kappa shape index (κ1) is 16.8. The van der Waals surface area contributed by atoms with E-state index in [1.807, 2.05) is 0 Å². The molecule has 1 N–H and O–H groups in total. The Morgan fingerprint density at radius 1 is 1.40 bits per heavy atom. The van der Waals surface area contributed by atoms with Gasteiger partial charge in [-0.1, -0.05) is 0 Å². The molecule has 0 radical (unpaired) electrons. The Labute approximate surface area is 127 Å². The molecule has 0 aliphatic carbocycles. The number of rotatable bonds is 4. The van der Waals surface area contributed by atoms with Crippen LogP contribution in [-0.4, -0.2) is 24.9 Å². The van der Waals surface area contributed by atoms with Crippen molar-refractivity contribution in [2.75, 3.05) is 13.0 Å². The summed E-state index contributed by atoms with van der Waals surface area (Å²) in [5, 5.41) is 2.27. The first-order chi connectivity index (χ1) is 9.26. The van der Waals surface area contributed by atoms with Gasteiger partial charge in [-0.3, -0.25) is 4.79 Å². The van der Waals surface area contributed by atoms with Crippen LogP contribution < -0.4 is 5.32 Å². The van der Waals surface area contributed by atoms with Crippen molar-refractivity contribution < 1.29 is 23.1 Å². The molecule has 0 bridgehead atoms. The smallest absolute Gasteiger partial charge is 0.336 e. The Kier molecular flexibility index (Phi) is 5.47. The highest BCUT2D eigenvalue weighted by Crippen LogP contribution is 2.29. The molecular weight excluding hydrogens is 359 g/mol. The molecule has 8 heteroatoms. The first-order valence-electron chi connectivity index (χ1n) is 5.36. The Morgan fingerprint density at radius 3 is 2.50 bits per heavy atom. The molecule has 0 aliphatic rings. The van der Waals surface area contributed by atoms with Gasteiger partial charge in [0.1, 0.15) is 17.5 Å². The molecule has 1 aromatic rings. The fraction of sp³-hybridized carbons (Fsp3) is 0.333. The van der Waals surface area contributed by atoms with Crippen LogP contribution in [0.4, 0.5) is 8.78 Å². The normalized spacial score (nSPS) is 13.5. The Hall–Kier alpha value is -1.21. The molecule has 4 nitrogen and oxygen atoms in total. The standard InChI is InChI=1S/C12H11BrClF2NO3/c1-12(11(19)20-2,17-10(18)5-14)6-3-7(13)9(16)4-8(6)15/h3-4H,5H2,1-2H3,(H,17,18). The lowest BCUT2D eigenvalue weighted by Gasteiger charge is -2.28. The van der Waals surface area contributed by atoms with Gasteiger partial charge in [0.2, 0.25) is 5.91 Å². The summed E-state index contributed by atoms with van der Waals surface area (Å²) in [7, 11) is 1.09. The van der Waals surface area contributed by atoms with Crippen molar-refractivity contribution in [3.05, 3.63) is 33.8 Å². The predicted molar refractivity (Wildman–Crippen MR) is 72.3 cm³/mol. The predicted octanol–water partition coefficient (Wildman–Crippen LogP) is 2.47. The second kappa shape index (κ2) is 6.49. The van der Waals surface area contributed by atoms with E-state index in [9.17, 15) is 18.4 Å². The van der Waals surface area contributed by atoms with Gasteiger partial charge in [-0.05, 0) is 28.9 Å². The van der Waals surface area contributed by atoms with Gasteiger partial charge in [0.15, 0.2) is 5.54 Å². The number of alkyl halides is 1. The fourth-order valence-electron chi connectivity index (χ4n) is 1.65. The maximum absolute atomic E-state index is 13.9.